The Morgan fingerprint density at radius 1 is 1.07 bits per heavy atom. The van der Waals surface area contributed by atoms with E-state index in [1.807, 2.05) is 23.1 Å². The molecule has 0 radical (unpaired) electrons. The van der Waals surface area contributed by atoms with Crippen molar-refractivity contribution in [3.63, 3.8) is 0 Å². The summed E-state index contributed by atoms with van der Waals surface area (Å²) in [6.07, 6.45) is 9.14. The molecule has 0 aliphatic carbocycles. The molecule has 2 aliphatic heterocycles. The molecule has 1 N–H and O–H groups in total. The van der Waals surface area contributed by atoms with Gasteiger partial charge in [0.25, 0.3) is 0 Å². The molecule has 1 aromatic carbocycles. The van der Waals surface area contributed by atoms with Gasteiger partial charge in [-0.05, 0) is 64.3 Å². The topological polar surface area (TPSA) is 52.2 Å². The maximum atomic E-state index is 13.2. The van der Waals surface area contributed by atoms with Crippen molar-refractivity contribution in [1.82, 2.24) is 15.1 Å². The van der Waals surface area contributed by atoms with Crippen molar-refractivity contribution in [3.05, 3.63) is 42.2 Å². The van der Waals surface area contributed by atoms with E-state index in [-0.39, 0.29) is 11.2 Å². The number of nitrogens with zero attached hydrogens (tertiary/aromatic N) is 3. The Bertz CT molecular complexity index is 799. The van der Waals surface area contributed by atoms with E-state index in [0.29, 0.717) is 12.1 Å². The number of thioether (sulfide) groups is 1. The predicted octanol–water partition coefficient (Wildman–Crippen LogP) is 5.02. The number of benzene rings is 1. The maximum absolute atomic E-state index is 13.2. The summed E-state index contributed by atoms with van der Waals surface area (Å²) in [7, 11) is 0. The Labute approximate surface area is 178 Å². The quantitative estimate of drug-likeness (QED) is 0.649. The molecule has 0 spiro atoms. The van der Waals surface area contributed by atoms with Crippen molar-refractivity contribution in [2.45, 2.75) is 74.6 Å². The molecule has 1 amide bonds. The lowest BCUT2D eigenvalue weighted by atomic mass is 9.97. The van der Waals surface area contributed by atoms with Crippen molar-refractivity contribution in [3.8, 4) is 0 Å². The van der Waals surface area contributed by atoms with Crippen molar-refractivity contribution in [1.29, 1.82) is 0 Å². The summed E-state index contributed by atoms with van der Waals surface area (Å²) in [5.74, 6) is 0.163. The summed E-state index contributed by atoms with van der Waals surface area (Å²) in [6.45, 7) is 6.70. The summed E-state index contributed by atoms with van der Waals surface area (Å²) in [5.41, 5.74) is 1.93. The summed E-state index contributed by atoms with van der Waals surface area (Å²) >= 11 is 1.62. The monoisotopic (exact) mass is 412 g/mol. The van der Waals surface area contributed by atoms with E-state index in [2.05, 4.69) is 41.1 Å². The Balaban J connectivity index is 1.35. The van der Waals surface area contributed by atoms with Crippen molar-refractivity contribution >= 4 is 23.4 Å². The van der Waals surface area contributed by atoms with Gasteiger partial charge in [0.05, 0.1) is 11.4 Å². The van der Waals surface area contributed by atoms with Crippen LogP contribution in [0.1, 0.15) is 63.3 Å². The number of carbonyl (C=O) groups is 1. The van der Waals surface area contributed by atoms with E-state index in [9.17, 15) is 4.79 Å². The lowest BCUT2D eigenvalue weighted by Crippen LogP contribution is -2.44. The van der Waals surface area contributed by atoms with E-state index in [1.54, 1.807) is 18.0 Å². The Morgan fingerprint density at radius 2 is 1.83 bits per heavy atom. The highest BCUT2D eigenvalue weighted by molar-refractivity contribution is 8.00. The highest BCUT2D eigenvalue weighted by Crippen LogP contribution is 2.45. The van der Waals surface area contributed by atoms with E-state index < -0.39 is 0 Å². The lowest BCUT2D eigenvalue weighted by molar-refractivity contribution is -0.118. The van der Waals surface area contributed by atoms with Gasteiger partial charge in [-0.1, -0.05) is 25.0 Å². The minimum atomic E-state index is -0.234. The average molecular weight is 413 g/mol. The minimum absolute atomic E-state index is 0.163. The van der Waals surface area contributed by atoms with E-state index in [0.717, 1.165) is 30.8 Å². The molecule has 3 atom stereocenters. The number of likely N-dealkylation sites (tertiary alicyclic amines) is 1. The van der Waals surface area contributed by atoms with Crippen LogP contribution in [0.15, 0.2) is 41.4 Å². The number of para-hydroxylation sites is 1. The van der Waals surface area contributed by atoms with E-state index >= 15 is 0 Å². The molecule has 29 heavy (non-hydrogen) atoms. The molecule has 156 valence electrons. The molecule has 0 saturated carbocycles. The number of rotatable bonds is 7. The van der Waals surface area contributed by atoms with Crippen LogP contribution >= 0.6 is 11.8 Å². The molecule has 1 fully saturated rings. The molecule has 2 aromatic rings. The standard InChI is InChI=1S/C23H32N4OS/c1-17-9-8-10-18(2)26(17)15-6-3-7-16-27-20-11-4-5-12-21(20)29-22(23(27)28)19-13-14-24-25-19/h4-5,11-14,17-18,22H,3,6-10,15-16H2,1-2H3,(H,24,25)/t17-,18+,22?. The third kappa shape index (κ3) is 4.53. The number of nitrogens with one attached hydrogen (secondary N) is 1. The van der Waals surface area contributed by atoms with Crippen molar-refractivity contribution in [2.24, 2.45) is 0 Å². The molecule has 6 heteroatoms. The molecule has 2 aliphatic rings. The molecule has 4 rings (SSSR count). The molecule has 3 heterocycles. The number of piperidine rings is 1. The zero-order valence-electron chi connectivity index (χ0n) is 17.5. The summed E-state index contributed by atoms with van der Waals surface area (Å²) in [5, 5.41) is 6.79. The highest BCUT2D eigenvalue weighted by atomic mass is 32.2. The first-order valence-corrected chi connectivity index (χ1v) is 11.8. The van der Waals surface area contributed by atoms with E-state index in [4.69, 9.17) is 0 Å². The van der Waals surface area contributed by atoms with Crippen LogP contribution in [0, 0.1) is 0 Å². The number of anilines is 1. The minimum Gasteiger partial charge on any atom is -0.310 e. The van der Waals surface area contributed by atoms with Crippen LogP contribution < -0.4 is 4.90 Å². The first kappa shape index (κ1) is 20.5. The number of hydrogen-bond donors (Lipinski definition) is 1. The lowest BCUT2D eigenvalue weighted by Gasteiger charge is -2.39. The van der Waals surface area contributed by atoms with Crippen molar-refractivity contribution in [2.75, 3.05) is 18.0 Å². The second kappa shape index (κ2) is 9.35. The number of fused-ring (bicyclic) bond motifs is 1. The van der Waals surface area contributed by atoms with Crippen LogP contribution in [0.2, 0.25) is 0 Å². The zero-order chi connectivity index (χ0) is 20.2. The van der Waals surface area contributed by atoms with Crippen LogP contribution in [0.5, 0.6) is 0 Å². The van der Waals surface area contributed by atoms with Crippen LogP contribution in [0.3, 0.4) is 0 Å². The normalized spacial score (nSPS) is 25.2. The van der Waals surface area contributed by atoms with Gasteiger partial charge in [-0.15, -0.1) is 11.8 Å². The number of aromatic amines is 1. The fourth-order valence-corrected chi connectivity index (χ4v) is 5.91. The number of H-pyrrole nitrogens is 1. The predicted molar refractivity (Wildman–Crippen MR) is 119 cm³/mol. The third-order valence-electron chi connectivity index (χ3n) is 6.37. The van der Waals surface area contributed by atoms with Crippen LogP contribution in [0.25, 0.3) is 0 Å². The van der Waals surface area contributed by atoms with Gasteiger partial charge in [0.1, 0.15) is 5.25 Å². The second-order valence-corrected chi connectivity index (χ2v) is 9.54. The highest BCUT2D eigenvalue weighted by Gasteiger charge is 2.35. The van der Waals surface area contributed by atoms with E-state index in [1.165, 1.54) is 37.1 Å². The number of carbonyl (C=O) groups excluding carboxylic acids is 1. The third-order valence-corrected chi connectivity index (χ3v) is 7.66. The Kier molecular flexibility index (Phi) is 6.60. The van der Waals surface area contributed by atoms with Gasteiger partial charge < -0.3 is 4.90 Å². The van der Waals surface area contributed by atoms with Gasteiger partial charge >= 0.3 is 0 Å². The fourth-order valence-electron chi connectivity index (χ4n) is 4.71. The first-order valence-electron chi connectivity index (χ1n) is 11.0. The molecular weight excluding hydrogens is 380 g/mol. The van der Waals surface area contributed by atoms with Gasteiger partial charge in [0.15, 0.2) is 0 Å². The van der Waals surface area contributed by atoms with Gasteiger partial charge in [0, 0.05) is 29.7 Å². The van der Waals surface area contributed by atoms with Gasteiger partial charge in [0.2, 0.25) is 5.91 Å². The summed E-state index contributed by atoms with van der Waals surface area (Å²) in [6, 6.07) is 11.6. The van der Waals surface area contributed by atoms with Crippen LogP contribution in [-0.2, 0) is 4.79 Å². The Morgan fingerprint density at radius 3 is 2.59 bits per heavy atom. The molecule has 1 aromatic heterocycles. The number of aromatic nitrogens is 2. The molecule has 5 nitrogen and oxygen atoms in total. The second-order valence-electron chi connectivity index (χ2n) is 8.39. The molecule has 1 unspecified atom stereocenters. The molecule has 1 saturated heterocycles. The molecular formula is C23H32N4OS. The van der Waals surface area contributed by atoms with Gasteiger partial charge in [-0.2, -0.15) is 5.10 Å². The SMILES string of the molecule is C[C@@H]1CCC[C@H](C)N1CCCCCN1C(=O)C(c2ccn[nH]2)Sc2ccccc21. The van der Waals surface area contributed by atoms with Gasteiger partial charge in [-0.25, -0.2) is 0 Å². The zero-order valence-corrected chi connectivity index (χ0v) is 18.3. The number of amides is 1. The smallest absolute Gasteiger partial charge is 0.246 e. The maximum Gasteiger partial charge on any atom is 0.246 e. The average Bonchev–Trinajstić information content (AvgIpc) is 3.25. The summed E-state index contributed by atoms with van der Waals surface area (Å²) in [4.78, 5) is 19.1. The van der Waals surface area contributed by atoms with Crippen molar-refractivity contribution < 1.29 is 4.79 Å². The van der Waals surface area contributed by atoms with Crippen LogP contribution in [0.4, 0.5) is 5.69 Å². The molecule has 0 bridgehead atoms. The Hall–Kier alpha value is -1.79. The number of hydrogen-bond acceptors (Lipinski definition) is 4. The van der Waals surface area contributed by atoms with Gasteiger partial charge in [-0.3, -0.25) is 14.8 Å². The van der Waals surface area contributed by atoms with Crippen LogP contribution in [-0.4, -0.2) is 46.2 Å². The fraction of sp³-hybridized carbons (Fsp3) is 0.565. The first-order chi connectivity index (χ1) is 14.1. The largest absolute Gasteiger partial charge is 0.310 e. The number of unbranched alkanes of at least 4 members (excludes halogenated alkanes) is 2. The summed E-state index contributed by atoms with van der Waals surface area (Å²) < 4.78 is 0.